The van der Waals surface area contributed by atoms with Gasteiger partial charge in [0.15, 0.2) is 5.82 Å². The highest BCUT2D eigenvalue weighted by Crippen LogP contribution is 2.15. The van der Waals surface area contributed by atoms with Crippen molar-refractivity contribution in [3.05, 3.63) is 39.6 Å². The number of nitrogens with zero attached hydrogens (tertiary/aromatic N) is 5. The minimum Gasteiger partial charge on any atom is -0.258 e. The molecular formula is C8H6ClN5O2. The summed E-state index contributed by atoms with van der Waals surface area (Å²) < 4.78 is 1.29. The molecule has 2 heterocycles. The summed E-state index contributed by atoms with van der Waals surface area (Å²) in [6.07, 6.45) is 3.94. The molecule has 0 saturated heterocycles. The number of aryl methyl sites for hydroxylation is 1. The fourth-order valence-corrected chi connectivity index (χ4v) is 1.30. The van der Waals surface area contributed by atoms with Gasteiger partial charge in [-0.05, 0) is 18.5 Å². The van der Waals surface area contributed by atoms with E-state index in [1.807, 2.05) is 0 Å². The fourth-order valence-electron chi connectivity index (χ4n) is 1.17. The highest BCUT2D eigenvalue weighted by Gasteiger charge is 2.12. The number of hydrogen-bond acceptors (Lipinski definition) is 5. The van der Waals surface area contributed by atoms with E-state index >= 15 is 0 Å². The summed E-state index contributed by atoms with van der Waals surface area (Å²) in [4.78, 5) is 17.7. The zero-order valence-electron chi connectivity index (χ0n) is 8.16. The van der Waals surface area contributed by atoms with E-state index in [9.17, 15) is 10.1 Å². The maximum absolute atomic E-state index is 10.5. The number of aromatic nitrogens is 4. The first-order valence-corrected chi connectivity index (χ1v) is 4.64. The van der Waals surface area contributed by atoms with Crippen molar-refractivity contribution in [3.63, 3.8) is 0 Å². The summed E-state index contributed by atoms with van der Waals surface area (Å²) >= 11 is 5.64. The molecule has 0 saturated carbocycles. The predicted molar refractivity (Wildman–Crippen MR) is 55.6 cm³/mol. The molecule has 0 radical (unpaired) electrons. The molecule has 16 heavy (non-hydrogen) atoms. The lowest BCUT2D eigenvalue weighted by atomic mass is 10.3. The van der Waals surface area contributed by atoms with E-state index in [1.165, 1.54) is 17.1 Å². The van der Waals surface area contributed by atoms with E-state index in [2.05, 4.69) is 15.1 Å². The van der Waals surface area contributed by atoms with E-state index in [0.717, 1.165) is 11.8 Å². The zero-order valence-corrected chi connectivity index (χ0v) is 8.92. The molecule has 2 aromatic heterocycles. The molecule has 0 unspecified atom stereocenters. The Balaban J connectivity index is 2.50. The molecule has 0 bridgehead atoms. The van der Waals surface area contributed by atoms with Crippen molar-refractivity contribution in [1.82, 2.24) is 19.7 Å². The van der Waals surface area contributed by atoms with Crippen LogP contribution in [0.1, 0.15) is 5.56 Å². The van der Waals surface area contributed by atoms with E-state index in [0.29, 0.717) is 5.82 Å². The second-order valence-corrected chi connectivity index (χ2v) is 3.38. The first-order valence-electron chi connectivity index (χ1n) is 4.26. The highest BCUT2D eigenvalue weighted by atomic mass is 35.5. The third kappa shape index (κ3) is 1.84. The van der Waals surface area contributed by atoms with Crippen LogP contribution in [-0.4, -0.2) is 24.7 Å². The van der Waals surface area contributed by atoms with Crippen LogP contribution in [0.3, 0.4) is 0 Å². The minimum atomic E-state index is -0.526. The predicted octanol–water partition coefficient (Wildman–Crippen LogP) is 1.53. The third-order valence-electron chi connectivity index (χ3n) is 1.91. The van der Waals surface area contributed by atoms with Crippen LogP contribution in [0, 0.1) is 17.0 Å². The number of nitro groups is 1. The van der Waals surface area contributed by atoms with Crippen LogP contribution in [0.15, 0.2) is 18.6 Å². The molecule has 2 rings (SSSR count). The lowest BCUT2D eigenvalue weighted by Crippen LogP contribution is -2.02. The molecule has 0 N–H and O–H groups in total. The summed E-state index contributed by atoms with van der Waals surface area (Å²) in [6.45, 7) is 1.76. The van der Waals surface area contributed by atoms with Gasteiger partial charge in [-0.1, -0.05) is 0 Å². The standard InChI is InChI=1S/C8H6ClN5O2/c1-5-2-10-8(9)12-7(5)13-4-6(3-11-13)14(15)16/h2-4H,1H3. The second kappa shape index (κ2) is 3.86. The van der Waals surface area contributed by atoms with Crippen LogP contribution in [0.2, 0.25) is 5.28 Å². The second-order valence-electron chi connectivity index (χ2n) is 3.05. The van der Waals surface area contributed by atoms with Crippen LogP contribution in [-0.2, 0) is 0 Å². The molecule has 7 nitrogen and oxygen atoms in total. The quantitative estimate of drug-likeness (QED) is 0.451. The number of rotatable bonds is 2. The average Bonchev–Trinajstić information content (AvgIpc) is 2.70. The maximum Gasteiger partial charge on any atom is 0.307 e. The van der Waals surface area contributed by atoms with Gasteiger partial charge in [0.05, 0.1) is 4.92 Å². The van der Waals surface area contributed by atoms with Crippen molar-refractivity contribution in [3.8, 4) is 5.82 Å². The third-order valence-corrected chi connectivity index (χ3v) is 2.09. The van der Waals surface area contributed by atoms with Crippen molar-refractivity contribution in [2.24, 2.45) is 0 Å². The number of hydrogen-bond donors (Lipinski definition) is 0. The lowest BCUT2D eigenvalue weighted by molar-refractivity contribution is -0.384. The Labute approximate surface area is 94.9 Å². The average molecular weight is 240 g/mol. The summed E-state index contributed by atoms with van der Waals surface area (Å²) in [5.41, 5.74) is 0.622. The molecule has 0 aliphatic rings. The monoisotopic (exact) mass is 239 g/mol. The van der Waals surface area contributed by atoms with Gasteiger partial charge in [-0.2, -0.15) is 10.1 Å². The van der Waals surface area contributed by atoms with E-state index in [4.69, 9.17) is 11.6 Å². The molecule has 0 aromatic carbocycles. The molecule has 0 fully saturated rings. The van der Waals surface area contributed by atoms with Gasteiger partial charge in [0.2, 0.25) is 5.28 Å². The minimum absolute atomic E-state index is 0.0683. The van der Waals surface area contributed by atoms with Crippen LogP contribution in [0.5, 0.6) is 0 Å². The Morgan fingerprint density at radius 3 is 2.88 bits per heavy atom. The molecule has 0 amide bonds. The Bertz CT molecular complexity index is 553. The first kappa shape index (κ1) is 10.5. The van der Waals surface area contributed by atoms with Gasteiger partial charge >= 0.3 is 5.69 Å². The van der Waals surface area contributed by atoms with Crippen molar-refractivity contribution in [2.75, 3.05) is 0 Å². The molecule has 0 spiro atoms. The van der Waals surface area contributed by atoms with Gasteiger partial charge in [0, 0.05) is 11.8 Å². The Morgan fingerprint density at radius 1 is 1.50 bits per heavy atom. The van der Waals surface area contributed by atoms with E-state index in [-0.39, 0.29) is 11.0 Å². The summed E-state index contributed by atoms with van der Waals surface area (Å²) in [5.74, 6) is 0.424. The van der Waals surface area contributed by atoms with Crippen LogP contribution in [0.25, 0.3) is 5.82 Å². The molecule has 0 aliphatic heterocycles. The summed E-state index contributed by atoms with van der Waals surface area (Å²) in [5, 5.41) is 14.4. The SMILES string of the molecule is Cc1cnc(Cl)nc1-n1cc([N+](=O)[O-])cn1. The van der Waals surface area contributed by atoms with Crippen molar-refractivity contribution in [2.45, 2.75) is 6.92 Å². The molecule has 82 valence electrons. The van der Waals surface area contributed by atoms with Crippen molar-refractivity contribution < 1.29 is 4.92 Å². The normalized spacial score (nSPS) is 10.4. The van der Waals surface area contributed by atoms with E-state index < -0.39 is 4.92 Å². The van der Waals surface area contributed by atoms with E-state index in [1.54, 1.807) is 6.92 Å². The van der Waals surface area contributed by atoms with Crippen LogP contribution in [0.4, 0.5) is 5.69 Å². The molecule has 0 atom stereocenters. The van der Waals surface area contributed by atoms with Gasteiger partial charge < -0.3 is 0 Å². The molecule has 0 aliphatic carbocycles. The highest BCUT2D eigenvalue weighted by molar-refractivity contribution is 6.28. The van der Waals surface area contributed by atoms with Crippen molar-refractivity contribution in [1.29, 1.82) is 0 Å². The Kier molecular flexibility index (Phi) is 2.53. The smallest absolute Gasteiger partial charge is 0.258 e. The topological polar surface area (TPSA) is 86.7 Å². The maximum atomic E-state index is 10.5. The van der Waals surface area contributed by atoms with Crippen LogP contribution >= 0.6 is 11.6 Å². The molecule has 8 heteroatoms. The Morgan fingerprint density at radius 2 is 2.25 bits per heavy atom. The molecule has 2 aromatic rings. The van der Waals surface area contributed by atoms with Crippen LogP contribution < -0.4 is 0 Å². The van der Waals surface area contributed by atoms with Crippen molar-refractivity contribution >= 4 is 17.3 Å². The fraction of sp³-hybridized carbons (Fsp3) is 0.125. The lowest BCUT2D eigenvalue weighted by Gasteiger charge is -2.02. The van der Waals surface area contributed by atoms with Gasteiger partial charge in [-0.3, -0.25) is 10.1 Å². The van der Waals surface area contributed by atoms with Gasteiger partial charge in [0.25, 0.3) is 0 Å². The van der Waals surface area contributed by atoms with Gasteiger partial charge in [-0.25, -0.2) is 9.67 Å². The van der Waals surface area contributed by atoms with Gasteiger partial charge in [-0.15, -0.1) is 0 Å². The summed E-state index contributed by atoms with van der Waals surface area (Å²) in [7, 11) is 0. The number of halogens is 1. The summed E-state index contributed by atoms with van der Waals surface area (Å²) in [6, 6.07) is 0. The van der Waals surface area contributed by atoms with Gasteiger partial charge in [0.1, 0.15) is 12.4 Å². The Hall–Kier alpha value is -2.02. The first-order chi connectivity index (χ1) is 7.58. The largest absolute Gasteiger partial charge is 0.307 e. The zero-order chi connectivity index (χ0) is 11.7. The molecular weight excluding hydrogens is 234 g/mol.